The number of nitrogens with one attached hydrogen (secondary N) is 1. The molecule has 0 amide bonds. The molecular formula is C21H23Cl2NO. The molecule has 1 saturated heterocycles. The number of halogens is 2. The Labute approximate surface area is 159 Å². The van der Waals surface area contributed by atoms with Crippen molar-refractivity contribution in [2.24, 2.45) is 11.8 Å². The van der Waals surface area contributed by atoms with Crippen LogP contribution in [-0.4, -0.2) is 5.78 Å². The zero-order valence-corrected chi connectivity index (χ0v) is 16.0. The number of rotatable bonds is 4. The molecule has 1 aliphatic rings. The summed E-state index contributed by atoms with van der Waals surface area (Å²) in [6, 6.07) is 15.6. The maximum absolute atomic E-state index is 13.1. The molecule has 1 heterocycles. The van der Waals surface area contributed by atoms with Crippen LogP contribution in [0.4, 0.5) is 0 Å². The van der Waals surface area contributed by atoms with Crippen LogP contribution < -0.4 is 5.32 Å². The maximum Gasteiger partial charge on any atom is 0.142 e. The van der Waals surface area contributed by atoms with Crippen molar-refractivity contribution in [3.8, 4) is 0 Å². The van der Waals surface area contributed by atoms with Crippen LogP contribution in [-0.2, 0) is 4.79 Å². The van der Waals surface area contributed by atoms with Crippen LogP contribution >= 0.6 is 23.2 Å². The van der Waals surface area contributed by atoms with E-state index < -0.39 is 0 Å². The number of hydrogen-bond acceptors (Lipinski definition) is 2. The van der Waals surface area contributed by atoms with Crippen molar-refractivity contribution < 1.29 is 4.79 Å². The number of carbonyl (C=O) groups is 1. The van der Waals surface area contributed by atoms with E-state index in [0.717, 1.165) is 24.0 Å². The Morgan fingerprint density at radius 2 is 1.36 bits per heavy atom. The Balaban J connectivity index is 1.96. The zero-order valence-electron chi connectivity index (χ0n) is 14.5. The first-order valence-electron chi connectivity index (χ1n) is 8.82. The standard InChI is InChI=1S/C21H23Cl2NO/c1-3-4-18-20(15-7-11-17(23)12-8-15)24-19(13(2)21(18)25)14-5-9-16(22)10-6-14/h5-13,18-20,24H,3-4H2,1-2H3/t13-,18+,19-,20+/m0/s1. The van der Waals surface area contributed by atoms with Gasteiger partial charge in [0.05, 0.1) is 0 Å². The summed E-state index contributed by atoms with van der Waals surface area (Å²) < 4.78 is 0. The van der Waals surface area contributed by atoms with E-state index in [1.54, 1.807) is 0 Å². The molecule has 2 nitrogen and oxygen atoms in total. The molecule has 2 aromatic carbocycles. The second kappa shape index (κ2) is 7.90. The molecule has 4 atom stereocenters. The molecule has 0 spiro atoms. The lowest BCUT2D eigenvalue weighted by Crippen LogP contribution is -2.47. The number of carbonyl (C=O) groups excluding carboxylic acids is 1. The molecule has 4 heteroatoms. The van der Waals surface area contributed by atoms with Crippen molar-refractivity contribution in [3.63, 3.8) is 0 Å². The Morgan fingerprint density at radius 3 is 1.84 bits per heavy atom. The third-order valence-corrected chi connectivity index (χ3v) is 5.64. The molecule has 3 rings (SSSR count). The Kier molecular flexibility index (Phi) is 5.83. The van der Waals surface area contributed by atoms with E-state index in [2.05, 4.69) is 12.2 Å². The van der Waals surface area contributed by atoms with Crippen LogP contribution in [0.5, 0.6) is 0 Å². The van der Waals surface area contributed by atoms with Crippen LogP contribution in [0.25, 0.3) is 0 Å². The fourth-order valence-electron chi connectivity index (χ4n) is 3.79. The SMILES string of the molecule is CCC[C@H]1C(=O)[C@@H](C)[C@@H](c2ccc(Cl)cc2)N[C@@H]1c1ccc(Cl)cc1. The lowest BCUT2D eigenvalue weighted by molar-refractivity contribution is -0.131. The van der Waals surface area contributed by atoms with Crippen molar-refractivity contribution in [3.05, 3.63) is 69.7 Å². The molecule has 132 valence electrons. The Bertz CT molecular complexity index is 727. The molecule has 25 heavy (non-hydrogen) atoms. The smallest absolute Gasteiger partial charge is 0.142 e. The number of Topliss-reactive ketones (excluding diaryl/α,β-unsaturated/α-hetero) is 1. The topological polar surface area (TPSA) is 29.1 Å². The van der Waals surface area contributed by atoms with E-state index in [4.69, 9.17) is 23.2 Å². The van der Waals surface area contributed by atoms with Gasteiger partial charge in [0.25, 0.3) is 0 Å². The summed E-state index contributed by atoms with van der Waals surface area (Å²) in [5, 5.41) is 5.15. The first-order valence-corrected chi connectivity index (χ1v) is 9.57. The summed E-state index contributed by atoms with van der Waals surface area (Å²) in [4.78, 5) is 13.1. The van der Waals surface area contributed by atoms with Gasteiger partial charge in [0.1, 0.15) is 5.78 Å². The van der Waals surface area contributed by atoms with Gasteiger partial charge in [-0.25, -0.2) is 0 Å². The van der Waals surface area contributed by atoms with Gasteiger partial charge in [-0.1, -0.05) is 67.7 Å². The predicted molar refractivity (Wildman–Crippen MR) is 104 cm³/mol. The highest BCUT2D eigenvalue weighted by atomic mass is 35.5. The number of ketones is 1. The van der Waals surface area contributed by atoms with Crippen molar-refractivity contribution in [1.29, 1.82) is 0 Å². The molecule has 0 aromatic heterocycles. The molecule has 1 N–H and O–H groups in total. The van der Waals surface area contributed by atoms with Gasteiger partial charge in [-0.3, -0.25) is 4.79 Å². The fraction of sp³-hybridized carbons (Fsp3) is 0.381. The molecule has 0 aliphatic carbocycles. The summed E-state index contributed by atoms with van der Waals surface area (Å²) in [5.41, 5.74) is 2.21. The van der Waals surface area contributed by atoms with Crippen LogP contribution in [0.3, 0.4) is 0 Å². The highest BCUT2D eigenvalue weighted by Crippen LogP contribution is 2.40. The molecular weight excluding hydrogens is 353 g/mol. The minimum atomic E-state index is -0.0683. The van der Waals surface area contributed by atoms with Crippen molar-refractivity contribution in [1.82, 2.24) is 5.32 Å². The predicted octanol–water partition coefficient (Wildman–Crippen LogP) is 6.00. The first kappa shape index (κ1) is 18.4. The molecule has 0 unspecified atom stereocenters. The molecule has 0 bridgehead atoms. The van der Waals surface area contributed by atoms with Crippen LogP contribution in [0.15, 0.2) is 48.5 Å². The monoisotopic (exact) mass is 375 g/mol. The summed E-state index contributed by atoms with van der Waals surface area (Å²) in [6.07, 6.45) is 1.87. The van der Waals surface area contributed by atoms with E-state index in [0.29, 0.717) is 15.8 Å². The quantitative estimate of drug-likeness (QED) is 0.709. The Morgan fingerprint density at radius 1 is 0.880 bits per heavy atom. The number of benzene rings is 2. The fourth-order valence-corrected chi connectivity index (χ4v) is 4.05. The number of hydrogen-bond donors (Lipinski definition) is 1. The first-order chi connectivity index (χ1) is 12.0. The van der Waals surface area contributed by atoms with Crippen LogP contribution in [0.2, 0.25) is 10.0 Å². The second-order valence-corrected chi connectivity index (χ2v) is 7.68. The van der Waals surface area contributed by atoms with Gasteiger partial charge >= 0.3 is 0 Å². The van der Waals surface area contributed by atoms with Crippen LogP contribution in [0, 0.1) is 11.8 Å². The average molecular weight is 376 g/mol. The van der Waals surface area contributed by atoms with Gasteiger partial charge in [-0.15, -0.1) is 0 Å². The van der Waals surface area contributed by atoms with Gasteiger partial charge in [0.2, 0.25) is 0 Å². The largest absolute Gasteiger partial charge is 0.302 e. The van der Waals surface area contributed by atoms with Gasteiger partial charge in [-0.05, 0) is 41.8 Å². The zero-order chi connectivity index (χ0) is 18.0. The van der Waals surface area contributed by atoms with Gasteiger partial charge in [-0.2, -0.15) is 0 Å². The van der Waals surface area contributed by atoms with E-state index in [1.807, 2.05) is 55.5 Å². The highest BCUT2D eigenvalue weighted by molar-refractivity contribution is 6.30. The lowest BCUT2D eigenvalue weighted by Gasteiger charge is -2.41. The summed E-state index contributed by atoms with van der Waals surface area (Å²) in [6.45, 7) is 4.15. The van der Waals surface area contributed by atoms with Crippen molar-refractivity contribution >= 4 is 29.0 Å². The normalized spacial score (nSPS) is 26.6. The van der Waals surface area contributed by atoms with Gasteiger partial charge in [0.15, 0.2) is 0 Å². The van der Waals surface area contributed by atoms with E-state index in [-0.39, 0.29) is 23.9 Å². The Hall–Kier alpha value is -1.35. The molecule has 2 aromatic rings. The summed E-state index contributed by atoms with van der Waals surface area (Å²) >= 11 is 12.1. The summed E-state index contributed by atoms with van der Waals surface area (Å²) in [7, 11) is 0. The molecule has 1 aliphatic heterocycles. The van der Waals surface area contributed by atoms with Gasteiger partial charge in [0, 0.05) is 34.0 Å². The maximum atomic E-state index is 13.1. The van der Waals surface area contributed by atoms with Gasteiger partial charge < -0.3 is 5.32 Å². The lowest BCUT2D eigenvalue weighted by atomic mass is 9.74. The van der Waals surface area contributed by atoms with Crippen molar-refractivity contribution in [2.45, 2.75) is 38.8 Å². The molecule has 0 saturated carbocycles. The molecule has 1 fully saturated rings. The molecule has 0 radical (unpaired) electrons. The van der Waals surface area contributed by atoms with Crippen LogP contribution in [0.1, 0.15) is 49.9 Å². The van der Waals surface area contributed by atoms with Crippen molar-refractivity contribution in [2.75, 3.05) is 0 Å². The second-order valence-electron chi connectivity index (χ2n) is 6.81. The van der Waals surface area contributed by atoms with E-state index >= 15 is 0 Å². The third-order valence-electron chi connectivity index (χ3n) is 5.13. The minimum absolute atomic E-state index is 0.00148. The van der Waals surface area contributed by atoms with E-state index in [1.165, 1.54) is 0 Å². The summed E-state index contributed by atoms with van der Waals surface area (Å²) in [5.74, 6) is 0.256. The average Bonchev–Trinajstić information content (AvgIpc) is 2.61. The third kappa shape index (κ3) is 3.92. The minimum Gasteiger partial charge on any atom is -0.302 e. The number of piperidine rings is 1. The highest BCUT2D eigenvalue weighted by Gasteiger charge is 2.41. The van der Waals surface area contributed by atoms with E-state index in [9.17, 15) is 4.79 Å².